The van der Waals surface area contributed by atoms with Gasteiger partial charge in [-0.25, -0.2) is 0 Å². The Kier molecular flexibility index (Phi) is 4.17. The van der Waals surface area contributed by atoms with Gasteiger partial charge in [-0.1, -0.05) is 19.0 Å². The zero-order valence-corrected chi connectivity index (χ0v) is 11.2. The van der Waals surface area contributed by atoms with Crippen molar-refractivity contribution in [3.63, 3.8) is 0 Å². The average molecular weight is 251 g/mol. The molecule has 2 N–H and O–H groups in total. The summed E-state index contributed by atoms with van der Waals surface area (Å²) in [6, 6.07) is 0.577. The van der Waals surface area contributed by atoms with Gasteiger partial charge >= 0.3 is 0 Å². The largest absolute Gasteiger partial charge is 0.356 e. The Morgan fingerprint density at radius 1 is 1.56 bits per heavy atom. The van der Waals surface area contributed by atoms with E-state index in [-0.39, 0.29) is 0 Å². The quantitative estimate of drug-likeness (QED) is 0.596. The molecule has 6 nitrogen and oxygen atoms in total. The molecule has 1 aliphatic rings. The molecule has 0 radical (unpaired) electrons. The van der Waals surface area contributed by atoms with Crippen LogP contribution in [0.2, 0.25) is 0 Å². The van der Waals surface area contributed by atoms with Crippen LogP contribution in [0.1, 0.15) is 32.0 Å². The van der Waals surface area contributed by atoms with Crippen LogP contribution < -0.4 is 10.6 Å². The molecule has 100 valence electrons. The molecule has 1 aromatic heterocycles. The van der Waals surface area contributed by atoms with Crippen LogP contribution in [0.25, 0.3) is 0 Å². The van der Waals surface area contributed by atoms with Crippen molar-refractivity contribution in [2.75, 3.05) is 13.6 Å². The highest BCUT2D eigenvalue weighted by Crippen LogP contribution is 2.28. The Bertz CT molecular complexity index is 414. The standard InChI is InChI=1S/C12H21N5O/c1-4-11-16-10(17-18-11)5-6-14-12(13-3)15-9-7-8(9)2/h8-9H,4-7H2,1-3H3,(H2,13,14,15). The van der Waals surface area contributed by atoms with Crippen molar-refractivity contribution < 1.29 is 4.52 Å². The number of aliphatic imine (C=N–C) groups is 1. The lowest BCUT2D eigenvalue weighted by Crippen LogP contribution is -2.40. The van der Waals surface area contributed by atoms with Crippen molar-refractivity contribution in [1.29, 1.82) is 0 Å². The molecule has 0 amide bonds. The minimum atomic E-state index is 0.577. The van der Waals surface area contributed by atoms with Gasteiger partial charge in [0.1, 0.15) is 0 Å². The first-order chi connectivity index (χ1) is 8.72. The number of hydrogen-bond acceptors (Lipinski definition) is 4. The second-order valence-corrected chi connectivity index (χ2v) is 4.67. The van der Waals surface area contributed by atoms with Gasteiger partial charge in [0.25, 0.3) is 0 Å². The van der Waals surface area contributed by atoms with E-state index in [1.165, 1.54) is 6.42 Å². The third-order valence-electron chi connectivity index (χ3n) is 3.11. The number of rotatable bonds is 5. The van der Waals surface area contributed by atoms with Crippen LogP contribution in [0.15, 0.2) is 9.52 Å². The predicted octanol–water partition coefficient (Wildman–Crippen LogP) is 0.748. The van der Waals surface area contributed by atoms with E-state index in [4.69, 9.17) is 4.52 Å². The molecule has 0 aliphatic heterocycles. The van der Waals surface area contributed by atoms with Crippen LogP contribution in [0.5, 0.6) is 0 Å². The molecule has 1 aromatic rings. The molecule has 0 spiro atoms. The highest BCUT2D eigenvalue weighted by molar-refractivity contribution is 5.80. The molecule has 2 atom stereocenters. The highest BCUT2D eigenvalue weighted by Gasteiger charge is 2.33. The Hall–Kier alpha value is -1.59. The summed E-state index contributed by atoms with van der Waals surface area (Å²) in [5.74, 6) is 3.05. The zero-order chi connectivity index (χ0) is 13.0. The van der Waals surface area contributed by atoms with Crippen LogP contribution in [-0.2, 0) is 12.8 Å². The van der Waals surface area contributed by atoms with Crippen LogP contribution in [-0.4, -0.2) is 35.7 Å². The molecule has 0 aromatic carbocycles. The van der Waals surface area contributed by atoms with Crippen LogP contribution in [0.4, 0.5) is 0 Å². The van der Waals surface area contributed by atoms with E-state index in [1.54, 1.807) is 7.05 Å². The maximum Gasteiger partial charge on any atom is 0.226 e. The number of hydrogen-bond donors (Lipinski definition) is 2. The number of guanidine groups is 1. The molecule has 0 saturated heterocycles. The molecule has 18 heavy (non-hydrogen) atoms. The van der Waals surface area contributed by atoms with E-state index in [0.29, 0.717) is 11.9 Å². The Balaban J connectivity index is 1.70. The normalized spacial score (nSPS) is 22.9. The predicted molar refractivity (Wildman–Crippen MR) is 69.4 cm³/mol. The Morgan fingerprint density at radius 3 is 2.89 bits per heavy atom. The van der Waals surface area contributed by atoms with Crippen molar-refractivity contribution in [3.8, 4) is 0 Å². The first-order valence-electron chi connectivity index (χ1n) is 6.51. The Morgan fingerprint density at radius 2 is 2.33 bits per heavy atom. The van der Waals surface area contributed by atoms with Gasteiger partial charge in [0.05, 0.1) is 0 Å². The lowest BCUT2D eigenvalue weighted by molar-refractivity contribution is 0.376. The smallest absolute Gasteiger partial charge is 0.226 e. The number of nitrogens with one attached hydrogen (secondary N) is 2. The summed E-state index contributed by atoms with van der Waals surface area (Å²) in [7, 11) is 1.78. The third kappa shape index (κ3) is 3.45. The minimum absolute atomic E-state index is 0.577. The summed E-state index contributed by atoms with van der Waals surface area (Å²) in [6.07, 6.45) is 2.75. The SMILES string of the molecule is CCc1nc(CCNC(=NC)NC2CC2C)no1. The van der Waals surface area contributed by atoms with Crippen LogP contribution in [0.3, 0.4) is 0 Å². The first kappa shape index (κ1) is 12.9. The van der Waals surface area contributed by atoms with Gasteiger partial charge in [-0.3, -0.25) is 4.99 Å². The van der Waals surface area contributed by atoms with Gasteiger partial charge < -0.3 is 15.2 Å². The van der Waals surface area contributed by atoms with Gasteiger partial charge in [-0.05, 0) is 12.3 Å². The number of aryl methyl sites for hydroxylation is 1. The highest BCUT2D eigenvalue weighted by atomic mass is 16.5. The molecule has 1 heterocycles. The first-order valence-corrected chi connectivity index (χ1v) is 6.51. The topological polar surface area (TPSA) is 75.3 Å². The number of nitrogens with zero attached hydrogens (tertiary/aromatic N) is 3. The number of aromatic nitrogens is 2. The molecule has 1 aliphatic carbocycles. The second-order valence-electron chi connectivity index (χ2n) is 4.67. The van der Waals surface area contributed by atoms with E-state index < -0.39 is 0 Å². The third-order valence-corrected chi connectivity index (χ3v) is 3.11. The molecule has 2 unspecified atom stereocenters. The maximum atomic E-state index is 5.05. The summed E-state index contributed by atoms with van der Waals surface area (Å²) in [5, 5.41) is 10.5. The fraction of sp³-hybridized carbons (Fsp3) is 0.750. The van der Waals surface area contributed by atoms with E-state index in [9.17, 15) is 0 Å². The summed E-state index contributed by atoms with van der Waals surface area (Å²) in [6.45, 7) is 4.98. The van der Waals surface area contributed by atoms with Crippen molar-refractivity contribution >= 4 is 5.96 Å². The summed E-state index contributed by atoms with van der Waals surface area (Å²) in [4.78, 5) is 8.44. The lowest BCUT2D eigenvalue weighted by atomic mass is 10.4. The lowest BCUT2D eigenvalue weighted by Gasteiger charge is -2.10. The van der Waals surface area contributed by atoms with Gasteiger partial charge in [-0.2, -0.15) is 4.98 Å². The molecule has 6 heteroatoms. The van der Waals surface area contributed by atoms with E-state index >= 15 is 0 Å². The van der Waals surface area contributed by atoms with Gasteiger partial charge in [0.15, 0.2) is 11.8 Å². The summed E-state index contributed by atoms with van der Waals surface area (Å²) >= 11 is 0. The van der Waals surface area contributed by atoms with E-state index in [0.717, 1.165) is 37.1 Å². The van der Waals surface area contributed by atoms with Gasteiger partial charge in [-0.15, -0.1) is 0 Å². The van der Waals surface area contributed by atoms with Crippen molar-refractivity contribution in [3.05, 3.63) is 11.7 Å². The second kappa shape index (κ2) is 5.84. The monoisotopic (exact) mass is 251 g/mol. The van der Waals surface area contributed by atoms with Crippen molar-refractivity contribution in [1.82, 2.24) is 20.8 Å². The van der Waals surface area contributed by atoms with Crippen molar-refractivity contribution in [2.24, 2.45) is 10.9 Å². The molecular weight excluding hydrogens is 230 g/mol. The van der Waals surface area contributed by atoms with E-state index in [1.807, 2.05) is 6.92 Å². The average Bonchev–Trinajstić information content (AvgIpc) is 2.90. The molecule has 0 bridgehead atoms. The zero-order valence-electron chi connectivity index (χ0n) is 11.2. The summed E-state index contributed by atoms with van der Waals surface area (Å²) < 4.78 is 5.05. The van der Waals surface area contributed by atoms with Gasteiger partial charge in [0.2, 0.25) is 5.89 Å². The molecule has 1 saturated carbocycles. The Labute approximate surface area is 107 Å². The van der Waals surface area contributed by atoms with E-state index in [2.05, 4.69) is 32.7 Å². The fourth-order valence-electron chi connectivity index (χ4n) is 1.72. The fourth-order valence-corrected chi connectivity index (χ4v) is 1.72. The minimum Gasteiger partial charge on any atom is -0.356 e. The molecular formula is C12H21N5O. The van der Waals surface area contributed by atoms with Gasteiger partial charge in [0, 0.05) is 32.5 Å². The maximum absolute atomic E-state index is 5.05. The van der Waals surface area contributed by atoms with Crippen molar-refractivity contribution in [2.45, 2.75) is 39.2 Å². The summed E-state index contributed by atoms with van der Waals surface area (Å²) in [5.41, 5.74) is 0. The molecule has 1 fully saturated rings. The molecule has 2 rings (SSSR count). The van der Waals surface area contributed by atoms with Crippen LogP contribution in [0, 0.1) is 5.92 Å². The van der Waals surface area contributed by atoms with Crippen LogP contribution >= 0.6 is 0 Å².